The number of halogens is 1. The van der Waals surface area contributed by atoms with Crippen LogP contribution in [0.1, 0.15) is 0 Å². The Morgan fingerprint density at radius 2 is 2.17 bits per heavy atom. The molecule has 12 heavy (non-hydrogen) atoms. The Kier molecular flexibility index (Phi) is 2.94. The number of hydrogen-bond acceptors (Lipinski definition) is 2. The molecule has 0 saturated carbocycles. The smallest absolute Gasteiger partial charge is 0.236 e. The van der Waals surface area contributed by atoms with Gasteiger partial charge in [0.25, 0.3) is 0 Å². The first kappa shape index (κ1) is 8.87. The summed E-state index contributed by atoms with van der Waals surface area (Å²) in [6.07, 6.45) is 0. The number of amides is 1. The van der Waals surface area contributed by atoms with Crippen LogP contribution in [-0.4, -0.2) is 12.5 Å². The van der Waals surface area contributed by atoms with Gasteiger partial charge in [-0.1, -0.05) is 23.7 Å². The van der Waals surface area contributed by atoms with E-state index in [0.717, 1.165) is 5.69 Å². The molecule has 0 spiro atoms. The summed E-state index contributed by atoms with van der Waals surface area (Å²) in [6, 6.07) is 7.17. The normalized spacial score (nSPS) is 9.42. The first-order valence-corrected chi connectivity index (χ1v) is 3.84. The quantitative estimate of drug-likeness (QED) is 0.743. The van der Waals surface area contributed by atoms with E-state index in [2.05, 4.69) is 5.32 Å². The summed E-state index contributed by atoms with van der Waals surface area (Å²) in [7, 11) is 0. The third-order valence-corrected chi connectivity index (χ3v) is 1.66. The molecular formula is C8H9ClN2O. The minimum atomic E-state index is -0.407. The Morgan fingerprint density at radius 3 is 2.75 bits per heavy atom. The predicted molar refractivity (Wildman–Crippen MR) is 49.1 cm³/mol. The van der Waals surface area contributed by atoms with Gasteiger partial charge in [-0.2, -0.15) is 0 Å². The highest BCUT2D eigenvalue weighted by molar-refractivity contribution is 6.33. The van der Waals surface area contributed by atoms with Crippen molar-refractivity contribution in [1.82, 2.24) is 0 Å². The van der Waals surface area contributed by atoms with E-state index >= 15 is 0 Å². The van der Waals surface area contributed by atoms with Crippen LogP contribution in [0.15, 0.2) is 24.3 Å². The molecule has 4 heteroatoms. The minimum absolute atomic E-state index is 0.101. The average molecular weight is 185 g/mol. The largest absolute Gasteiger partial charge is 0.375 e. The van der Waals surface area contributed by atoms with Gasteiger partial charge >= 0.3 is 0 Å². The number of nitrogens with two attached hydrogens (primary N) is 1. The van der Waals surface area contributed by atoms with Gasteiger partial charge in [-0.15, -0.1) is 0 Å². The Hall–Kier alpha value is -1.22. The van der Waals surface area contributed by atoms with E-state index in [1.54, 1.807) is 12.1 Å². The van der Waals surface area contributed by atoms with Gasteiger partial charge in [-0.05, 0) is 12.1 Å². The standard InChI is InChI=1S/C8H9ClN2O/c9-6-3-1-2-4-7(6)11-5-8(10)12/h1-4,11H,5H2,(H2,10,12). The fraction of sp³-hybridized carbons (Fsp3) is 0.125. The lowest BCUT2D eigenvalue weighted by atomic mass is 10.3. The van der Waals surface area contributed by atoms with Crippen LogP contribution in [0.2, 0.25) is 5.02 Å². The molecular weight excluding hydrogens is 176 g/mol. The summed E-state index contributed by atoms with van der Waals surface area (Å²) < 4.78 is 0. The molecule has 64 valence electrons. The molecule has 0 atom stereocenters. The second-order valence-corrected chi connectivity index (χ2v) is 2.71. The van der Waals surface area contributed by atoms with Crippen LogP contribution < -0.4 is 11.1 Å². The van der Waals surface area contributed by atoms with Gasteiger partial charge < -0.3 is 11.1 Å². The molecule has 3 nitrogen and oxygen atoms in total. The highest BCUT2D eigenvalue weighted by Gasteiger charge is 1.98. The highest BCUT2D eigenvalue weighted by Crippen LogP contribution is 2.19. The van der Waals surface area contributed by atoms with Gasteiger partial charge in [0.05, 0.1) is 17.3 Å². The maximum atomic E-state index is 10.4. The van der Waals surface area contributed by atoms with Gasteiger partial charge in [0.2, 0.25) is 5.91 Å². The molecule has 1 amide bonds. The van der Waals surface area contributed by atoms with E-state index in [4.69, 9.17) is 17.3 Å². The minimum Gasteiger partial charge on any atom is -0.375 e. The number of anilines is 1. The van der Waals surface area contributed by atoms with E-state index in [0.29, 0.717) is 5.02 Å². The van der Waals surface area contributed by atoms with Crippen molar-refractivity contribution in [2.75, 3.05) is 11.9 Å². The van der Waals surface area contributed by atoms with Crippen LogP contribution in [0.4, 0.5) is 5.69 Å². The fourth-order valence-electron chi connectivity index (χ4n) is 0.787. The number of para-hydroxylation sites is 1. The molecule has 0 heterocycles. The van der Waals surface area contributed by atoms with E-state index in [-0.39, 0.29) is 6.54 Å². The fourth-order valence-corrected chi connectivity index (χ4v) is 0.989. The molecule has 0 fully saturated rings. The zero-order chi connectivity index (χ0) is 8.97. The van der Waals surface area contributed by atoms with Gasteiger partial charge in [0, 0.05) is 0 Å². The summed E-state index contributed by atoms with van der Waals surface area (Å²) in [5.41, 5.74) is 5.67. The van der Waals surface area contributed by atoms with Crippen molar-refractivity contribution in [2.45, 2.75) is 0 Å². The summed E-state index contributed by atoms with van der Waals surface area (Å²) in [6.45, 7) is 0.101. The average Bonchev–Trinajstić information content (AvgIpc) is 2.03. The van der Waals surface area contributed by atoms with Crippen LogP contribution in [-0.2, 0) is 4.79 Å². The number of carbonyl (C=O) groups is 1. The second kappa shape index (κ2) is 3.97. The summed E-state index contributed by atoms with van der Waals surface area (Å²) >= 11 is 5.79. The molecule has 0 aliphatic carbocycles. The lowest BCUT2D eigenvalue weighted by molar-refractivity contribution is -0.116. The van der Waals surface area contributed by atoms with Gasteiger partial charge in [0.1, 0.15) is 0 Å². The second-order valence-electron chi connectivity index (χ2n) is 2.30. The number of rotatable bonds is 3. The van der Waals surface area contributed by atoms with Crippen LogP contribution in [0.5, 0.6) is 0 Å². The molecule has 0 bridgehead atoms. The van der Waals surface area contributed by atoms with E-state index in [1.165, 1.54) is 0 Å². The summed E-state index contributed by atoms with van der Waals surface area (Å²) in [5.74, 6) is -0.407. The number of primary amides is 1. The zero-order valence-corrected chi connectivity index (χ0v) is 7.14. The van der Waals surface area contributed by atoms with Crippen LogP contribution in [0.3, 0.4) is 0 Å². The molecule has 0 aliphatic rings. The van der Waals surface area contributed by atoms with Gasteiger partial charge in [-0.3, -0.25) is 4.79 Å². The van der Waals surface area contributed by atoms with Crippen molar-refractivity contribution < 1.29 is 4.79 Å². The Balaban J connectivity index is 2.63. The molecule has 3 N–H and O–H groups in total. The zero-order valence-electron chi connectivity index (χ0n) is 6.38. The van der Waals surface area contributed by atoms with Gasteiger partial charge in [0.15, 0.2) is 0 Å². The van der Waals surface area contributed by atoms with Crippen molar-refractivity contribution in [2.24, 2.45) is 5.73 Å². The molecule has 0 aliphatic heterocycles. The summed E-state index contributed by atoms with van der Waals surface area (Å²) in [4.78, 5) is 10.4. The Labute approximate surface area is 75.5 Å². The van der Waals surface area contributed by atoms with Crippen molar-refractivity contribution in [1.29, 1.82) is 0 Å². The number of carbonyl (C=O) groups excluding carboxylic acids is 1. The predicted octanol–water partition coefficient (Wildman–Crippen LogP) is 1.24. The number of benzene rings is 1. The lowest BCUT2D eigenvalue weighted by Gasteiger charge is -2.04. The highest BCUT2D eigenvalue weighted by atomic mass is 35.5. The molecule has 0 aromatic heterocycles. The van der Waals surface area contributed by atoms with Crippen molar-refractivity contribution >= 4 is 23.2 Å². The SMILES string of the molecule is NC(=O)CNc1ccccc1Cl. The third kappa shape index (κ3) is 2.43. The first-order chi connectivity index (χ1) is 5.70. The maximum Gasteiger partial charge on any atom is 0.236 e. The van der Waals surface area contributed by atoms with Gasteiger partial charge in [-0.25, -0.2) is 0 Å². The third-order valence-electron chi connectivity index (χ3n) is 1.33. The molecule has 1 aromatic rings. The molecule has 0 unspecified atom stereocenters. The topological polar surface area (TPSA) is 55.1 Å². The van der Waals surface area contributed by atoms with Crippen LogP contribution in [0.25, 0.3) is 0 Å². The molecule has 0 radical (unpaired) electrons. The lowest BCUT2D eigenvalue weighted by Crippen LogP contribution is -2.21. The van der Waals surface area contributed by atoms with Crippen molar-refractivity contribution in [3.05, 3.63) is 29.3 Å². The Bertz CT molecular complexity index is 288. The molecule has 1 aromatic carbocycles. The maximum absolute atomic E-state index is 10.4. The number of nitrogens with one attached hydrogen (secondary N) is 1. The molecule has 0 saturated heterocycles. The molecule has 1 rings (SSSR count). The van der Waals surface area contributed by atoms with E-state index in [9.17, 15) is 4.79 Å². The summed E-state index contributed by atoms with van der Waals surface area (Å²) in [5, 5.41) is 3.39. The van der Waals surface area contributed by atoms with Crippen molar-refractivity contribution in [3.63, 3.8) is 0 Å². The van der Waals surface area contributed by atoms with E-state index < -0.39 is 5.91 Å². The Morgan fingerprint density at radius 1 is 1.50 bits per heavy atom. The van der Waals surface area contributed by atoms with Crippen LogP contribution in [0, 0.1) is 0 Å². The number of hydrogen-bond donors (Lipinski definition) is 2. The van der Waals surface area contributed by atoms with Crippen molar-refractivity contribution in [3.8, 4) is 0 Å². The first-order valence-electron chi connectivity index (χ1n) is 3.47. The van der Waals surface area contributed by atoms with E-state index in [1.807, 2.05) is 12.1 Å². The monoisotopic (exact) mass is 184 g/mol. The van der Waals surface area contributed by atoms with Crippen LogP contribution >= 0.6 is 11.6 Å².